The molecule has 1 heterocycles. The zero-order valence-corrected chi connectivity index (χ0v) is 10.2. The zero-order valence-electron chi connectivity index (χ0n) is 10.2. The highest BCUT2D eigenvalue weighted by Crippen LogP contribution is 2.26. The predicted molar refractivity (Wildman–Crippen MR) is 61.7 cm³/mol. The van der Waals surface area contributed by atoms with Gasteiger partial charge in [-0.05, 0) is 32.1 Å². The topological polar surface area (TPSA) is 75.4 Å². The highest BCUT2D eigenvalue weighted by atomic mass is 16.5. The predicted octanol–water partition coefficient (Wildman–Crippen LogP) is 1.05. The van der Waals surface area contributed by atoms with E-state index < -0.39 is 0 Å². The van der Waals surface area contributed by atoms with Crippen LogP contribution < -0.4 is 5.32 Å². The Morgan fingerprint density at radius 1 is 1.59 bits per heavy atom. The minimum absolute atomic E-state index is 0.123. The number of nitrogens with one attached hydrogen (secondary N) is 1. The summed E-state index contributed by atoms with van der Waals surface area (Å²) in [7, 11) is 0. The minimum Gasteiger partial charge on any atom is -0.393 e. The molecule has 1 saturated carbocycles. The second kappa shape index (κ2) is 4.87. The highest BCUT2D eigenvalue weighted by Gasteiger charge is 2.28. The molecule has 0 atom stereocenters. The summed E-state index contributed by atoms with van der Waals surface area (Å²) in [6.45, 7) is 4.30. The first-order chi connectivity index (χ1) is 8.11. The zero-order chi connectivity index (χ0) is 12.4. The fraction of sp³-hybridized carbons (Fsp3) is 0.667. The van der Waals surface area contributed by atoms with Gasteiger partial charge in [-0.25, -0.2) is 0 Å². The number of nitrogens with zero attached hydrogens (tertiary/aromatic N) is 1. The Kier molecular flexibility index (Phi) is 3.47. The van der Waals surface area contributed by atoms with Gasteiger partial charge in [-0.2, -0.15) is 0 Å². The van der Waals surface area contributed by atoms with Crippen molar-refractivity contribution in [3.05, 3.63) is 17.0 Å². The second-order valence-electron chi connectivity index (χ2n) is 4.62. The molecule has 0 aliphatic heterocycles. The van der Waals surface area contributed by atoms with E-state index in [1.54, 1.807) is 6.92 Å². The van der Waals surface area contributed by atoms with E-state index in [2.05, 4.69) is 10.5 Å². The van der Waals surface area contributed by atoms with Crippen LogP contribution in [0.25, 0.3) is 0 Å². The first-order valence-corrected chi connectivity index (χ1v) is 6.03. The molecule has 1 aromatic heterocycles. The Bertz CT molecular complexity index is 408. The standard InChI is InChI=1S/C12H18N2O3/c1-3-10-11(7(2)17-14-10)12(16)13-6-8-4-9(15)5-8/h8-9,15H,3-6H2,1-2H3,(H,13,16). The summed E-state index contributed by atoms with van der Waals surface area (Å²) in [5.41, 5.74) is 1.26. The lowest BCUT2D eigenvalue weighted by Gasteiger charge is -2.31. The molecule has 2 rings (SSSR count). The van der Waals surface area contributed by atoms with Crippen molar-refractivity contribution in [3.63, 3.8) is 0 Å². The number of carbonyl (C=O) groups excluding carboxylic acids is 1. The maximum absolute atomic E-state index is 12.0. The molecule has 1 aromatic rings. The summed E-state index contributed by atoms with van der Waals surface area (Å²) in [6, 6.07) is 0. The summed E-state index contributed by atoms with van der Waals surface area (Å²) in [6.07, 6.45) is 2.07. The molecule has 2 N–H and O–H groups in total. The normalized spacial score (nSPS) is 23.2. The van der Waals surface area contributed by atoms with Crippen molar-refractivity contribution in [2.24, 2.45) is 5.92 Å². The quantitative estimate of drug-likeness (QED) is 0.822. The molecule has 0 saturated heterocycles. The van der Waals surface area contributed by atoms with Crippen molar-refractivity contribution in [2.75, 3.05) is 6.54 Å². The molecule has 94 valence electrons. The fourth-order valence-electron chi connectivity index (χ4n) is 2.14. The number of amides is 1. The van der Waals surface area contributed by atoms with Crippen LogP contribution in [0, 0.1) is 12.8 Å². The average molecular weight is 238 g/mol. The first-order valence-electron chi connectivity index (χ1n) is 6.03. The van der Waals surface area contributed by atoms with E-state index in [0.29, 0.717) is 35.9 Å². The van der Waals surface area contributed by atoms with E-state index in [0.717, 1.165) is 12.8 Å². The minimum atomic E-state index is -0.180. The van der Waals surface area contributed by atoms with Crippen LogP contribution >= 0.6 is 0 Å². The van der Waals surface area contributed by atoms with Crippen molar-refractivity contribution >= 4 is 5.91 Å². The number of hydrogen-bond acceptors (Lipinski definition) is 4. The second-order valence-corrected chi connectivity index (χ2v) is 4.62. The van der Waals surface area contributed by atoms with Crippen LogP contribution in [0.5, 0.6) is 0 Å². The SMILES string of the molecule is CCc1noc(C)c1C(=O)NCC1CC(O)C1. The molecule has 0 spiro atoms. The summed E-state index contributed by atoms with van der Waals surface area (Å²) < 4.78 is 5.02. The van der Waals surface area contributed by atoms with Gasteiger partial charge in [0.15, 0.2) is 0 Å². The molecule has 1 fully saturated rings. The van der Waals surface area contributed by atoms with Crippen molar-refractivity contribution in [2.45, 2.75) is 39.2 Å². The number of aryl methyl sites for hydroxylation is 2. The molecule has 0 unspecified atom stereocenters. The van der Waals surface area contributed by atoms with Gasteiger partial charge in [-0.3, -0.25) is 4.79 Å². The Morgan fingerprint density at radius 2 is 2.29 bits per heavy atom. The number of rotatable bonds is 4. The Hall–Kier alpha value is -1.36. The fourth-order valence-corrected chi connectivity index (χ4v) is 2.14. The molecule has 5 nitrogen and oxygen atoms in total. The highest BCUT2D eigenvalue weighted by molar-refractivity contribution is 5.96. The van der Waals surface area contributed by atoms with Gasteiger partial charge in [0.25, 0.3) is 5.91 Å². The Balaban J connectivity index is 1.92. The lowest BCUT2D eigenvalue weighted by molar-refractivity contribution is 0.0420. The lowest BCUT2D eigenvalue weighted by Crippen LogP contribution is -2.38. The van der Waals surface area contributed by atoms with Crippen LogP contribution in [-0.4, -0.2) is 28.8 Å². The summed E-state index contributed by atoms with van der Waals surface area (Å²) in [5, 5.41) is 15.9. The number of aliphatic hydroxyl groups is 1. The van der Waals surface area contributed by atoms with Gasteiger partial charge in [0, 0.05) is 6.54 Å². The summed E-state index contributed by atoms with van der Waals surface area (Å²) in [5.74, 6) is 0.842. The van der Waals surface area contributed by atoms with Gasteiger partial charge in [0.1, 0.15) is 11.3 Å². The van der Waals surface area contributed by atoms with E-state index in [9.17, 15) is 4.79 Å². The Morgan fingerprint density at radius 3 is 2.88 bits per heavy atom. The Labute approximate surface area is 100 Å². The molecular formula is C12H18N2O3. The van der Waals surface area contributed by atoms with E-state index in [-0.39, 0.29) is 12.0 Å². The summed E-state index contributed by atoms with van der Waals surface area (Å²) in [4.78, 5) is 12.0. The maximum atomic E-state index is 12.0. The van der Waals surface area contributed by atoms with Crippen molar-refractivity contribution in [1.82, 2.24) is 10.5 Å². The van der Waals surface area contributed by atoms with E-state index >= 15 is 0 Å². The molecule has 5 heteroatoms. The van der Waals surface area contributed by atoms with Crippen molar-refractivity contribution < 1.29 is 14.4 Å². The molecule has 0 aromatic carbocycles. The molecular weight excluding hydrogens is 220 g/mol. The van der Waals surface area contributed by atoms with Crippen LogP contribution in [0.4, 0.5) is 0 Å². The van der Waals surface area contributed by atoms with Crippen LogP contribution in [-0.2, 0) is 6.42 Å². The van der Waals surface area contributed by atoms with Gasteiger partial charge in [0.2, 0.25) is 0 Å². The van der Waals surface area contributed by atoms with Gasteiger partial charge in [-0.1, -0.05) is 12.1 Å². The van der Waals surface area contributed by atoms with Crippen LogP contribution in [0.3, 0.4) is 0 Å². The maximum Gasteiger partial charge on any atom is 0.256 e. The third-order valence-electron chi connectivity index (χ3n) is 3.26. The monoisotopic (exact) mass is 238 g/mol. The third kappa shape index (κ3) is 2.49. The third-order valence-corrected chi connectivity index (χ3v) is 3.26. The number of aliphatic hydroxyl groups excluding tert-OH is 1. The van der Waals surface area contributed by atoms with Gasteiger partial charge >= 0.3 is 0 Å². The lowest BCUT2D eigenvalue weighted by atomic mass is 9.82. The average Bonchev–Trinajstić information content (AvgIpc) is 2.64. The number of hydrogen-bond donors (Lipinski definition) is 2. The van der Waals surface area contributed by atoms with E-state index in [4.69, 9.17) is 9.63 Å². The van der Waals surface area contributed by atoms with Crippen molar-refractivity contribution in [3.8, 4) is 0 Å². The number of aromatic nitrogens is 1. The number of carbonyl (C=O) groups is 1. The molecule has 17 heavy (non-hydrogen) atoms. The van der Waals surface area contributed by atoms with Gasteiger partial charge in [0.05, 0.1) is 11.8 Å². The molecule has 1 amide bonds. The molecule has 0 radical (unpaired) electrons. The molecule has 1 aliphatic rings. The summed E-state index contributed by atoms with van der Waals surface area (Å²) >= 11 is 0. The largest absolute Gasteiger partial charge is 0.393 e. The van der Waals surface area contributed by atoms with Crippen molar-refractivity contribution in [1.29, 1.82) is 0 Å². The molecule has 1 aliphatic carbocycles. The van der Waals surface area contributed by atoms with Crippen LogP contribution in [0.1, 0.15) is 41.6 Å². The first kappa shape index (κ1) is 12.1. The van der Waals surface area contributed by atoms with Crippen LogP contribution in [0.2, 0.25) is 0 Å². The smallest absolute Gasteiger partial charge is 0.256 e. The van der Waals surface area contributed by atoms with Gasteiger partial charge in [-0.15, -0.1) is 0 Å². The molecule has 0 bridgehead atoms. The van der Waals surface area contributed by atoms with Crippen LogP contribution in [0.15, 0.2) is 4.52 Å². The van der Waals surface area contributed by atoms with E-state index in [1.165, 1.54) is 0 Å². The van der Waals surface area contributed by atoms with Gasteiger partial charge < -0.3 is 14.9 Å². The van der Waals surface area contributed by atoms with E-state index in [1.807, 2.05) is 6.92 Å².